The quantitative estimate of drug-likeness (QED) is 0.721. The number of nitrogens with two attached hydrogens (primary N) is 1. The molecule has 2 heterocycles. The summed E-state index contributed by atoms with van der Waals surface area (Å²) < 4.78 is 0. The lowest BCUT2D eigenvalue weighted by molar-refractivity contribution is -0.111. The van der Waals surface area contributed by atoms with Crippen LogP contribution in [0.4, 0.5) is 11.4 Å². The van der Waals surface area contributed by atoms with Crippen LogP contribution in [0.5, 0.6) is 0 Å². The van der Waals surface area contributed by atoms with Gasteiger partial charge >= 0.3 is 0 Å². The first-order chi connectivity index (χ1) is 12.6. The van der Waals surface area contributed by atoms with Crippen molar-refractivity contribution in [3.63, 3.8) is 0 Å². The number of aryl methyl sites for hydroxylation is 2. The highest BCUT2D eigenvalue weighted by molar-refractivity contribution is 6.24. The molecule has 0 radical (unpaired) electrons. The summed E-state index contributed by atoms with van der Waals surface area (Å²) in [5.41, 5.74) is 9.36. The Morgan fingerprint density at radius 3 is 2.35 bits per heavy atom. The fraction of sp³-hybridized carbons (Fsp3) is 0.316. The molecular weight excluding hydrogens is 328 g/mol. The number of rotatable bonds is 4. The Balaban J connectivity index is 1.71. The molecule has 0 spiro atoms. The SMILES string of the molecule is Cc1cc(C)nc(C(=CN)C(=O)Nc2ccc(N3CCNCC3)cc2)n1. The molecule has 3 rings (SSSR count). The second-order valence-electron chi connectivity index (χ2n) is 6.29. The summed E-state index contributed by atoms with van der Waals surface area (Å²) in [4.78, 5) is 23.5. The number of nitrogens with one attached hydrogen (secondary N) is 2. The number of nitrogens with zero attached hydrogens (tertiary/aromatic N) is 3. The van der Waals surface area contributed by atoms with E-state index in [2.05, 4.69) is 25.5 Å². The molecule has 1 aliphatic heterocycles. The number of piperazine rings is 1. The van der Waals surface area contributed by atoms with E-state index in [4.69, 9.17) is 5.73 Å². The average molecular weight is 352 g/mol. The lowest BCUT2D eigenvalue weighted by Gasteiger charge is -2.29. The summed E-state index contributed by atoms with van der Waals surface area (Å²) in [6.07, 6.45) is 1.25. The summed E-state index contributed by atoms with van der Waals surface area (Å²) in [7, 11) is 0. The van der Waals surface area contributed by atoms with Gasteiger partial charge in [0.25, 0.3) is 5.91 Å². The Morgan fingerprint density at radius 1 is 1.15 bits per heavy atom. The van der Waals surface area contributed by atoms with Crippen LogP contribution in [0.25, 0.3) is 5.57 Å². The van der Waals surface area contributed by atoms with Gasteiger partial charge in [-0.2, -0.15) is 0 Å². The van der Waals surface area contributed by atoms with E-state index in [9.17, 15) is 4.79 Å². The van der Waals surface area contributed by atoms with Gasteiger partial charge in [-0.1, -0.05) is 0 Å². The van der Waals surface area contributed by atoms with Crippen molar-refractivity contribution in [3.05, 3.63) is 53.7 Å². The standard InChI is InChI=1S/C19H24N6O/c1-13-11-14(2)23-18(22-13)17(12-20)19(26)24-15-3-5-16(6-4-15)25-9-7-21-8-10-25/h3-6,11-12,21H,7-10,20H2,1-2H3,(H,24,26). The van der Waals surface area contributed by atoms with Gasteiger partial charge in [0.15, 0.2) is 5.82 Å². The molecule has 1 aromatic heterocycles. The van der Waals surface area contributed by atoms with E-state index in [-0.39, 0.29) is 11.5 Å². The molecule has 0 saturated carbocycles. The third-order valence-corrected chi connectivity index (χ3v) is 4.24. The van der Waals surface area contributed by atoms with Crippen molar-refractivity contribution < 1.29 is 4.79 Å². The molecule has 1 saturated heterocycles. The van der Waals surface area contributed by atoms with E-state index in [0.717, 1.165) is 43.3 Å². The predicted octanol–water partition coefficient (Wildman–Crippen LogP) is 1.44. The number of benzene rings is 1. The lowest BCUT2D eigenvalue weighted by atomic mass is 10.2. The molecule has 0 bridgehead atoms. The summed E-state index contributed by atoms with van der Waals surface area (Å²) in [5.74, 6) is 0.00681. The molecule has 2 aromatic rings. The van der Waals surface area contributed by atoms with E-state index < -0.39 is 0 Å². The molecule has 1 amide bonds. The summed E-state index contributed by atoms with van der Waals surface area (Å²) in [5, 5.41) is 6.20. The van der Waals surface area contributed by atoms with Crippen LogP contribution < -0.4 is 21.3 Å². The molecule has 1 aromatic carbocycles. The Labute approximate surface area is 153 Å². The molecule has 0 atom stereocenters. The van der Waals surface area contributed by atoms with Crippen LogP contribution in [-0.4, -0.2) is 42.1 Å². The second-order valence-corrected chi connectivity index (χ2v) is 6.29. The van der Waals surface area contributed by atoms with Crippen LogP contribution in [0.2, 0.25) is 0 Å². The highest BCUT2D eigenvalue weighted by Gasteiger charge is 2.16. The van der Waals surface area contributed by atoms with Gasteiger partial charge in [-0.25, -0.2) is 9.97 Å². The number of amides is 1. The van der Waals surface area contributed by atoms with E-state index in [1.165, 1.54) is 6.20 Å². The van der Waals surface area contributed by atoms with Crippen molar-refractivity contribution in [1.29, 1.82) is 0 Å². The van der Waals surface area contributed by atoms with Gasteiger partial charge in [-0.05, 0) is 44.2 Å². The number of carbonyl (C=O) groups is 1. The summed E-state index contributed by atoms with van der Waals surface area (Å²) >= 11 is 0. The molecule has 1 aliphatic rings. The van der Waals surface area contributed by atoms with Crippen LogP contribution in [0.3, 0.4) is 0 Å². The van der Waals surface area contributed by atoms with Crippen LogP contribution >= 0.6 is 0 Å². The molecule has 1 fully saturated rings. The molecule has 136 valence electrons. The molecule has 7 nitrogen and oxygen atoms in total. The molecule has 4 N–H and O–H groups in total. The van der Waals surface area contributed by atoms with Crippen LogP contribution in [0.1, 0.15) is 17.2 Å². The van der Waals surface area contributed by atoms with Crippen LogP contribution in [0.15, 0.2) is 36.5 Å². The number of anilines is 2. The van der Waals surface area contributed by atoms with Gasteiger partial charge < -0.3 is 21.3 Å². The van der Waals surface area contributed by atoms with Crippen molar-refractivity contribution in [3.8, 4) is 0 Å². The van der Waals surface area contributed by atoms with E-state index in [0.29, 0.717) is 11.5 Å². The van der Waals surface area contributed by atoms with Crippen molar-refractivity contribution in [1.82, 2.24) is 15.3 Å². The monoisotopic (exact) mass is 352 g/mol. The third-order valence-electron chi connectivity index (χ3n) is 4.24. The highest BCUT2D eigenvalue weighted by Crippen LogP contribution is 2.20. The largest absolute Gasteiger partial charge is 0.404 e. The first-order valence-electron chi connectivity index (χ1n) is 8.68. The number of aromatic nitrogens is 2. The smallest absolute Gasteiger partial charge is 0.260 e. The van der Waals surface area contributed by atoms with E-state index in [1.54, 1.807) is 0 Å². The number of carbonyl (C=O) groups excluding carboxylic acids is 1. The maximum atomic E-state index is 12.6. The van der Waals surface area contributed by atoms with Crippen LogP contribution in [-0.2, 0) is 4.79 Å². The minimum Gasteiger partial charge on any atom is -0.404 e. The minimum atomic E-state index is -0.326. The zero-order chi connectivity index (χ0) is 18.5. The van der Waals surface area contributed by atoms with Crippen molar-refractivity contribution >= 4 is 22.9 Å². The zero-order valence-corrected chi connectivity index (χ0v) is 15.1. The Bertz CT molecular complexity index is 789. The van der Waals surface area contributed by atoms with E-state index in [1.807, 2.05) is 44.2 Å². The molecule has 0 unspecified atom stereocenters. The van der Waals surface area contributed by atoms with Gasteiger partial charge in [0.2, 0.25) is 0 Å². The first kappa shape index (κ1) is 17.9. The normalized spacial score (nSPS) is 15.0. The van der Waals surface area contributed by atoms with Crippen molar-refractivity contribution in [2.24, 2.45) is 5.73 Å². The van der Waals surface area contributed by atoms with Gasteiger partial charge in [-0.15, -0.1) is 0 Å². The van der Waals surface area contributed by atoms with Crippen molar-refractivity contribution in [2.75, 3.05) is 36.4 Å². The predicted molar refractivity (Wildman–Crippen MR) is 104 cm³/mol. The van der Waals surface area contributed by atoms with Gasteiger partial charge in [0.05, 0.1) is 5.57 Å². The topological polar surface area (TPSA) is 96.2 Å². The highest BCUT2D eigenvalue weighted by atomic mass is 16.1. The Hall–Kier alpha value is -2.93. The maximum absolute atomic E-state index is 12.6. The molecule has 7 heteroatoms. The second kappa shape index (κ2) is 7.97. The van der Waals surface area contributed by atoms with Gasteiger partial charge in [0.1, 0.15) is 0 Å². The molecule has 26 heavy (non-hydrogen) atoms. The summed E-state index contributed by atoms with van der Waals surface area (Å²) in [6, 6.07) is 9.67. The number of hydrogen-bond acceptors (Lipinski definition) is 6. The minimum absolute atomic E-state index is 0.253. The van der Waals surface area contributed by atoms with Crippen LogP contribution in [0, 0.1) is 13.8 Å². The zero-order valence-electron chi connectivity index (χ0n) is 15.1. The number of hydrogen-bond donors (Lipinski definition) is 3. The van der Waals surface area contributed by atoms with E-state index >= 15 is 0 Å². The first-order valence-corrected chi connectivity index (χ1v) is 8.68. The Kier molecular flexibility index (Phi) is 5.48. The van der Waals surface area contributed by atoms with Gasteiger partial charge in [0, 0.05) is 55.1 Å². The maximum Gasteiger partial charge on any atom is 0.260 e. The van der Waals surface area contributed by atoms with Crippen molar-refractivity contribution in [2.45, 2.75) is 13.8 Å². The average Bonchev–Trinajstić information content (AvgIpc) is 2.63. The molecule has 0 aliphatic carbocycles. The fourth-order valence-electron chi connectivity index (χ4n) is 2.98. The summed E-state index contributed by atoms with van der Waals surface area (Å²) in [6.45, 7) is 7.65. The Morgan fingerprint density at radius 2 is 1.77 bits per heavy atom. The fourth-order valence-corrected chi connectivity index (χ4v) is 2.98. The molecular formula is C19H24N6O. The third kappa shape index (κ3) is 4.18. The van der Waals surface area contributed by atoms with Gasteiger partial charge in [-0.3, -0.25) is 4.79 Å². The lowest BCUT2D eigenvalue weighted by Crippen LogP contribution is -2.43.